The van der Waals surface area contributed by atoms with E-state index < -0.39 is 34.2 Å². The maximum Gasteiger partial charge on any atom is 0.433 e. The smallest absolute Gasteiger partial charge is 0.433 e. The Labute approximate surface area is 160 Å². The van der Waals surface area contributed by atoms with Crippen LogP contribution < -0.4 is 4.74 Å². The summed E-state index contributed by atoms with van der Waals surface area (Å²) < 4.78 is 66.9. The van der Waals surface area contributed by atoms with Crippen molar-refractivity contribution in [3.8, 4) is 17.0 Å². The van der Waals surface area contributed by atoms with Gasteiger partial charge < -0.3 is 4.74 Å². The van der Waals surface area contributed by atoms with Crippen molar-refractivity contribution in [2.24, 2.45) is 0 Å². The van der Waals surface area contributed by atoms with Crippen LogP contribution in [-0.2, 0) is 29.2 Å². The Bertz CT molecular complexity index is 1030. The van der Waals surface area contributed by atoms with Crippen LogP contribution >= 0.6 is 0 Å². The van der Waals surface area contributed by atoms with Gasteiger partial charge in [0.1, 0.15) is 40.3 Å². The van der Waals surface area contributed by atoms with Crippen LogP contribution in [0.5, 0.6) is 5.75 Å². The van der Waals surface area contributed by atoms with Crippen LogP contribution in [0.1, 0.15) is 17.1 Å². The third-order valence-electron chi connectivity index (χ3n) is 3.71. The first-order valence-electron chi connectivity index (χ1n) is 8.15. The molecule has 0 saturated carbocycles. The van der Waals surface area contributed by atoms with Gasteiger partial charge in [0.15, 0.2) is 0 Å². The molecule has 0 aliphatic rings. The third-order valence-corrected chi connectivity index (χ3v) is 4.25. The molecular weight excluding hydrogens is 393 g/mol. The molecule has 146 valence electrons. The van der Waals surface area contributed by atoms with E-state index in [-0.39, 0.29) is 5.69 Å². The van der Waals surface area contributed by atoms with Crippen molar-refractivity contribution in [2.45, 2.75) is 18.5 Å². The minimum Gasteiger partial charge on any atom is -0.489 e. The lowest BCUT2D eigenvalue weighted by Gasteiger charge is -2.11. The fourth-order valence-electron chi connectivity index (χ4n) is 2.46. The Kier molecular flexibility index (Phi) is 5.93. The zero-order valence-corrected chi connectivity index (χ0v) is 15.3. The molecule has 28 heavy (non-hydrogen) atoms. The normalized spacial score (nSPS) is 11.6. The quantitative estimate of drug-likeness (QED) is 0.628. The molecule has 0 amide bonds. The van der Waals surface area contributed by atoms with Gasteiger partial charge in [0, 0.05) is 5.56 Å². The maximum atomic E-state index is 13.1. The SMILES string of the molecule is O=[SH](=O)Cc1nc(-c2cccc(OCc3ccccc3)c2)cc(C(F)(F)F)n1. The first-order chi connectivity index (χ1) is 13.3. The first-order valence-corrected chi connectivity index (χ1v) is 9.51. The van der Waals surface area contributed by atoms with E-state index in [9.17, 15) is 21.6 Å². The van der Waals surface area contributed by atoms with Gasteiger partial charge in [-0.25, -0.2) is 18.4 Å². The molecule has 2 aromatic carbocycles. The molecule has 0 atom stereocenters. The highest BCUT2D eigenvalue weighted by atomic mass is 32.2. The second-order valence-electron chi connectivity index (χ2n) is 5.85. The minimum atomic E-state index is -4.72. The van der Waals surface area contributed by atoms with Crippen molar-refractivity contribution in [1.82, 2.24) is 9.97 Å². The highest BCUT2D eigenvalue weighted by molar-refractivity contribution is 7.71. The molecular formula is C19H15F3N2O3S. The van der Waals surface area contributed by atoms with Gasteiger partial charge in [-0.2, -0.15) is 13.2 Å². The fourth-order valence-corrected chi connectivity index (χ4v) is 2.83. The van der Waals surface area contributed by atoms with E-state index in [2.05, 4.69) is 9.97 Å². The Morgan fingerprint density at radius 1 is 0.929 bits per heavy atom. The van der Waals surface area contributed by atoms with E-state index in [0.29, 0.717) is 17.9 Å². The summed E-state index contributed by atoms with van der Waals surface area (Å²) in [6.07, 6.45) is -4.72. The molecule has 0 bridgehead atoms. The zero-order valence-electron chi connectivity index (χ0n) is 14.4. The van der Waals surface area contributed by atoms with E-state index in [0.717, 1.165) is 11.6 Å². The van der Waals surface area contributed by atoms with Crippen molar-refractivity contribution >= 4 is 10.7 Å². The van der Waals surface area contributed by atoms with E-state index in [4.69, 9.17) is 4.74 Å². The van der Waals surface area contributed by atoms with Gasteiger partial charge in [0.2, 0.25) is 0 Å². The third kappa shape index (κ3) is 5.29. The molecule has 0 radical (unpaired) electrons. The van der Waals surface area contributed by atoms with Gasteiger partial charge in [-0.05, 0) is 23.8 Å². The Morgan fingerprint density at radius 2 is 1.68 bits per heavy atom. The van der Waals surface area contributed by atoms with Crippen LogP contribution in [0.15, 0.2) is 60.7 Å². The highest BCUT2D eigenvalue weighted by Gasteiger charge is 2.33. The topological polar surface area (TPSA) is 69.2 Å². The van der Waals surface area contributed by atoms with Gasteiger partial charge in [-0.1, -0.05) is 42.5 Å². The molecule has 3 rings (SSSR count). The first kappa shape index (κ1) is 19.8. The van der Waals surface area contributed by atoms with Crippen molar-refractivity contribution in [2.75, 3.05) is 0 Å². The lowest BCUT2D eigenvalue weighted by molar-refractivity contribution is -0.141. The molecule has 9 heteroatoms. The number of alkyl halides is 3. The summed E-state index contributed by atoms with van der Waals surface area (Å²) in [7, 11) is -2.96. The van der Waals surface area contributed by atoms with Gasteiger partial charge in [-0.15, -0.1) is 0 Å². The molecule has 0 N–H and O–H groups in total. The molecule has 0 aliphatic carbocycles. The number of benzene rings is 2. The summed E-state index contributed by atoms with van der Waals surface area (Å²) in [6, 6.07) is 16.6. The molecule has 0 spiro atoms. The number of aromatic nitrogens is 2. The van der Waals surface area contributed by atoms with Crippen LogP contribution in [0.4, 0.5) is 13.2 Å². The van der Waals surface area contributed by atoms with Crippen molar-refractivity contribution in [1.29, 1.82) is 0 Å². The molecule has 0 saturated heterocycles. The monoisotopic (exact) mass is 408 g/mol. The Balaban J connectivity index is 1.91. The predicted octanol–water partition coefficient (Wildman–Crippen LogP) is 3.85. The van der Waals surface area contributed by atoms with Gasteiger partial charge >= 0.3 is 6.18 Å². The average molecular weight is 408 g/mol. The Morgan fingerprint density at radius 3 is 2.36 bits per heavy atom. The fraction of sp³-hybridized carbons (Fsp3) is 0.158. The molecule has 0 unspecified atom stereocenters. The minimum absolute atomic E-state index is 0.0284. The number of hydrogen-bond acceptors (Lipinski definition) is 5. The second-order valence-corrected chi connectivity index (χ2v) is 6.83. The van der Waals surface area contributed by atoms with Crippen LogP contribution in [0, 0.1) is 0 Å². The van der Waals surface area contributed by atoms with Gasteiger partial charge in [-0.3, -0.25) is 0 Å². The summed E-state index contributed by atoms with van der Waals surface area (Å²) in [5.74, 6) is -0.627. The van der Waals surface area contributed by atoms with Gasteiger partial charge in [0.05, 0.1) is 5.69 Å². The van der Waals surface area contributed by atoms with E-state index >= 15 is 0 Å². The molecule has 0 aliphatic heterocycles. The van der Waals surface area contributed by atoms with Crippen LogP contribution in [0.25, 0.3) is 11.3 Å². The molecule has 1 aromatic heterocycles. The van der Waals surface area contributed by atoms with E-state index in [1.165, 1.54) is 0 Å². The maximum absolute atomic E-state index is 13.1. The van der Waals surface area contributed by atoms with E-state index in [1.807, 2.05) is 30.3 Å². The predicted molar refractivity (Wildman–Crippen MR) is 97.3 cm³/mol. The summed E-state index contributed by atoms with van der Waals surface area (Å²) in [5.41, 5.74) is 0.0796. The summed E-state index contributed by atoms with van der Waals surface area (Å²) in [5, 5.41) is 0. The molecule has 0 fully saturated rings. The highest BCUT2D eigenvalue weighted by Crippen LogP contribution is 2.31. The van der Waals surface area contributed by atoms with E-state index in [1.54, 1.807) is 24.3 Å². The Hall–Kier alpha value is -2.94. The number of ether oxygens (including phenoxy) is 1. The number of thiol groups is 1. The summed E-state index contributed by atoms with van der Waals surface area (Å²) in [6.45, 7) is 0.295. The second kappa shape index (κ2) is 8.39. The molecule has 3 aromatic rings. The van der Waals surface area contributed by atoms with Crippen molar-refractivity contribution in [3.63, 3.8) is 0 Å². The van der Waals surface area contributed by atoms with Crippen LogP contribution in [-0.4, -0.2) is 18.4 Å². The largest absolute Gasteiger partial charge is 0.489 e. The van der Waals surface area contributed by atoms with Crippen LogP contribution in [0.2, 0.25) is 0 Å². The molecule has 1 heterocycles. The lowest BCUT2D eigenvalue weighted by Crippen LogP contribution is -2.12. The van der Waals surface area contributed by atoms with Crippen molar-refractivity contribution < 1.29 is 26.3 Å². The lowest BCUT2D eigenvalue weighted by atomic mass is 10.1. The number of rotatable bonds is 6. The standard InChI is InChI=1S/C19H15F3N2O3S/c20-19(21,22)17-10-16(23-18(24-17)12-28(25)26)14-7-4-8-15(9-14)27-11-13-5-2-1-3-6-13/h1-10,28H,11-12H2. The average Bonchev–Trinajstić information content (AvgIpc) is 2.66. The number of nitrogens with zero attached hydrogens (tertiary/aromatic N) is 2. The zero-order chi connectivity index (χ0) is 20.1. The summed E-state index contributed by atoms with van der Waals surface area (Å²) >= 11 is 0. The van der Waals surface area contributed by atoms with Crippen LogP contribution in [0.3, 0.4) is 0 Å². The molecule has 5 nitrogen and oxygen atoms in total. The summed E-state index contributed by atoms with van der Waals surface area (Å²) in [4.78, 5) is 7.28. The number of hydrogen-bond donors (Lipinski definition) is 1. The van der Waals surface area contributed by atoms with Gasteiger partial charge in [0.25, 0.3) is 0 Å². The number of halogens is 3. The van der Waals surface area contributed by atoms with Crippen molar-refractivity contribution in [3.05, 3.63) is 77.7 Å².